The molecule has 0 unspecified atom stereocenters. The second-order valence-electron chi connectivity index (χ2n) is 8.98. The van der Waals surface area contributed by atoms with Crippen LogP contribution in [0.4, 0.5) is 10.3 Å². The number of hydrogen-bond donors (Lipinski definition) is 1. The molecule has 0 atom stereocenters. The maximum atomic E-state index is 14.4. The molecule has 0 aliphatic carbocycles. The van der Waals surface area contributed by atoms with Crippen molar-refractivity contribution in [1.29, 1.82) is 0 Å². The van der Waals surface area contributed by atoms with Crippen molar-refractivity contribution in [1.82, 2.24) is 14.9 Å². The highest BCUT2D eigenvalue weighted by Gasteiger charge is 2.28. The molecule has 1 aliphatic heterocycles. The van der Waals surface area contributed by atoms with Crippen LogP contribution in [0.2, 0.25) is 0 Å². The Hall–Kier alpha value is -3.67. The molecule has 2 heterocycles. The lowest BCUT2D eigenvalue weighted by Gasteiger charge is -2.32. The number of benzene rings is 3. The maximum absolute atomic E-state index is 14.4. The van der Waals surface area contributed by atoms with Gasteiger partial charge in [-0.15, -0.1) is 0 Å². The summed E-state index contributed by atoms with van der Waals surface area (Å²) in [6.07, 6.45) is 1.53. The maximum Gasteiger partial charge on any atom is 0.223 e. The lowest BCUT2D eigenvalue weighted by atomic mass is 9.96. The molecule has 4 aromatic rings. The van der Waals surface area contributed by atoms with Gasteiger partial charge in [-0.3, -0.25) is 4.79 Å². The fraction of sp³-hybridized carbons (Fsp3) is 0.286. The number of aryl methyl sites for hydroxylation is 1. The molecular weight excluding hydrogens is 427 g/mol. The topological polar surface area (TPSA) is 50.2 Å². The Kier molecular flexibility index (Phi) is 6.30. The van der Waals surface area contributed by atoms with Gasteiger partial charge < -0.3 is 14.8 Å². The lowest BCUT2D eigenvalue weighted by Crippen LogP contribution is -2.41. The zero-order valence-electron chi connectivity index (χ0n) is 19.4. The summed E-state index contributed by atoms with van der Waals surface area (Å²) in [6, 6.07) is 23.0. The van der Waals surface area contributed by atoms with Crippen LogP contribution in [0.1, 0.15) is 29.5 Å². The Morgan fingerprint density at radius 1 is 0.971 bits per heavy atom. The molecule has 174 valence electrons. The number of amides is 1. The molecule has 6 heteroatoms. The van der Waals surface area contributed by atoms with E-state index in [0.29, 0.717) is 18.7 Å². The van der Waals surface area contributed by atoms with Crippen molar-refractivity contribution < 1.29 is 9.18 Å². The number of carbonyl (C=O) groups is 1. The second-order valence-corrected chi connectivity index (χ2v) is 8.98. The van der Waals surface area contributed by atoms with E-state index in [0.717, 1.165) is 48.5 Å². The molecule has 0 saturated carbocycles. The number of aromatic nitrogens is 2. The fourth-order valence-corrected chi connectivity index (χ4v) is 4.73. The van der Waals surface area contributed by atoms with Gasteiger partial charge in [-0.05, 0) is 49.1 Å². The van der Waals surface area contributed by atoms with Gasteiger partial charge in [0, 0.05) is 31.1 Å². The smallest absolute Gasteiger partial charge is 0.223 e. The van der Waals surface area contributed by atoms with E-state index in [2.05, 4.69) is 33.8 Å². The Balaban J connectivity index is 1.29. The monoisotopic (exact) mass is 456 g/mol. The van der Waals surface area contributed by atoms with E-state index in [1.165, 1.54) is 11.6 Å². The predicted octanol–water partition coefficient (Wildman–Crippen LogP) is 5.06. The highest BCUT2D eigenvalue weighted by molar-refractivity contribution is 5.80. The summed E-state index contributed by atoms with van der Waals surface area (Å²) >= 11 is 0. The third-order valence-electron chi connectivity index (χ3n) is 6.78. The number of rotatable bonds is 6. The highest BCUT2D eigenvalue weighted by atomic mass is 19.1. The van der Waals surface area contributed by atoms with Crippen LogP contribution in [-0.2, 0) is 17.9 Å². The fourth-order valence-electron chi connectivity index (χ4n) is 4.73. The van der Waals surface area contributed by atoms with E-state index in [1.807, 2.05) is 48.5 Å². The van der Waals surface area contributed by atoms with Crippen molar-refractivity contribution in [3.8, 4) is 0 Å². The van der Waals surface area contributed by atoms with Crippen LogP contribution in [0.15, 0.2) is 72.8 Å². The lowest BCUT2D eigenvalue weighted by molar-refractivity contribution is -0.125. The first-order chi connectivity index (χ1) is 16.6. The zero-order valence-corrected chi connectivity index (χ0v) is 19.4. The first-order valence-electron chi connectivity index (χ1n) is 11.9. The summed E-state index contributed by atoms with van der Waals surface area (Å²) in [6.45, 7) is 4.52. The van der Waals surface area contributed by atoms with Crippen molar-refractivity contribution in [2.45, 2.75) is 32.9 Å². The van der Waals surface area contributed by atoms with Crippen LogP contribution in [-0.4, -0.2) is 28.5 Å². The van der Waals surface area contributed by atoms with Gasteiger partial charge in [0.05, 0.1) is 17.6 Å². The molecule has 0 radical (unpaired) electrons. The highest BCUT2D eigenvalue weighted by Crippen LogP contribution is 2.28. The molecule has 1 saturated heterocycles. The summed E-state index contributed by atoms with van der Waals surface area (Å²) in [4.78, 5) is 19.9. The molecule has 0 spiro atoms. The molecule has 3 aromatic carbocycles. The van der Waals surface area contributed by atoms with Gasteiger partial charge in [0.2, 0.25) is 11.9 Å². The Labute approximate surface area is 199 Å². The Bertz CT molecular complexity index is 1310. The van der Waals surface area contributed by atoms with Gasteiger partial charge in [-0.2, -0.15) is 0 Å². The number of para-hydroxylation sites is 2. The Morgan fingerprint density at radius 3 is 2.41 bits per heavy atom. The number of halogens is 1. The number of hydrogen-bond acceptors (Lipinski definition) is 3. The third-order valence-corrected chi connectivity index (χ3v) is 6.78. The van der Waals surface area contributed by atoms with Crippen molar-refractivity contribution in [3.63, 3.8) is 0 Å². The number of nitrogens with zero attached hydrogens (tertiary/aromatic N) is 3. The number of imidazole rings is 1. The summed E-state index contributed by atoms with van der Waals surface area (Å²) in [7, 11) is 0. The number of fused-ring (bicyclic) bond motifs is 1. The minimum Gasteiger partial charge on any atom is -0.352 e. The van der Waals surface area contributed by atoms with Crippen molar-refractivity contribution >= 4 is 22.9 Å². The summed E-state index contributed by atoms with van der Waals surface area (Å²) < 4.78 is 16.5. The van der Waals surface area contributed by atoms with E-state index >= 15 is 0 Å². The van der Waals surface area contributed by atoms with Crippen molar-refractivity contribution in [2.24, 2.45) is 5.92 Å². The van der Waals surface area contributed by atoms with Crippen LogP contribution in [0.3, 0.4) is 0 Å². The van der Waals surface area contributed by atoms with E-state index in [1.54, 1.807) is 6.07 Å². The van der Waals surface area contributed by atoms with Crippen molar-refractivity contribution in [3.05, 3.63) is 95.3 Å². The average molecular weight is 457 g/mol. The summed E-state index contributed by atoms with van der Waals surface area (Å²) in [5.74, 6) is 0.728. The molecule has 1 aromatic heterocycles. The third kappa shape index (κ3) is 4.53. The largest absolute Gasteiger partial charge is 0.352 e. The zero-order chi connectivity index (χ0) is 23.5. The van der Waals surface area contributed by atoms with Crippen LogP contribution in [0, 0.1) is 18.7 Å². The Morgan fingerprint density at radius 2 is 1.65 bits per heavy atom. The SMILES string of the molecule is Cc1ccccc1CNC(=O)C1CCN(c2nc3ccccc3n2Cc2ccccc2F)CC1. The van der Waals surface area contributed by atoms with E-state index in [9.17, 15) is 9.18 Å². The molecule has 1 N–H and O–H groups in total. The summed E-state index contributed by atoms with van der Waals surface area (Å²) in [5, 5.41) is 3.12. The number of piperidine rings is 1. The first-order valence-corrected chi connectivity index (χ1v) is 11.9. The van der Waals surface area contributed by atoms with E-state index in [-0.39, 0.29) is 17.6 Å². The van der Waals surface area contributed by atoms with Gasteiger partial charge in [-0.25, -0.2) is 9.37 Å². The van der Waals surface area contributed by atoms with E-state index < -0.39 is 0 Å². The van der Waals surface area contributed by atoms with Gasteiger partial charge in [0.15, 0.2) is 0 Å². The molecule has 34 heavy (non-hydrogen) atoms. The number of nitrogens with one attached hydrogen (secondary N) is 1. The van der Waals surface area contributed by atoms with Gasteiger partial charge >= 0.3 is 0 Å². The quantitative estimate of drug-likeness (QED) is 0.441. The van der Waals surface area contributed by atoms with E-state index in [4.69, 9.17) is 4.98 Å². The second kappa shape index (κ2) is 9.67. The summed E-state index contributed by atoms with van der Waals surface area (Å²) in [5.41, 5.74) is 4.85. The number of anilines is 1. The van der Waals surface area contributed by atoms with Crippen molar-refractivity contribution in [2.75, 3.05) is 18.0 Å². The van der Waals surface area contributed by atoms with Gasteiger partial charge in [-0.1, -0.05) is 54.6 Å². The molecule has 1 amide bonds. The van der Waals surface area contributed by atoms with Crippen LogP contribution < -0.4 is 10.2 Å². The number of carbonyl (C=O) groups excluding carboxylic acids is 1. The standard InChI is InChI=1S/C28H29FN4O/c1-20-8-2-3-9-22(20)18-30-27(34)21-14-16-32(17-15-21)28-31-25-12-6-7-13-26(25)33(28)19-23-10-4-5-11-24(23)29/h2-13,21H,14-19H2,1H3,(H,30,34). The van der Waals surface area contributed by atoms with Crippen LogP contribution in [0.5, 0.6) is 0 Å². The molecule has 1 aliphatic rings. The molecule has 0 bridgehead atoms. The molecule has 1 fully saturated rings. The van der Waals surface area contributed by atoms with Gasteiger partial charge in [0.1, 0.15) is 5.82 Å². The molecular formula is C28H29FN4O. The average Bonchev–Trinajstić information content (AvgIpc) is 3.23. The molecule has 5 nitrogen and oxygen atoms in total. The van der Waals surface area contributed by atoms with Crippen LogP contribution >= 0.6 is 0 Å². The molecule has 5 rings (SSSR count). The van der Waals surface area contributed by atoms with Gasteiger partial charge in [0.25, 0.3) is 0 Å². The minimum absolute atomic E-state index is 0.00957. The van der Waals surface area contributed by atoms with Crippen LogP contribution in [0.25, 0.3) is 11.0 Å². The first kappa shape index (κ1) is 22.1. The predicted molar refractivity (Wildman–Crippen MR) is 133 cm³/mol. The minimum atomic E-state index is -0.213. The normalized spacial score (nSPS) is 14.5.